The topological polar surface area (TPSA) is 199 Å². The summed E-state index contributed by atoms with van der Waals surface area (Å²) < 4.78 is 0. The number of nitrogens with zero attached hydrogens (tertiary/aromatic N) is 3. The van der Waals surface area contributed by atoms with Crippen LogP contribution in [0.15, 0.2) is 148 Å². The molecule has 13 nitrogen and oxygen atoms in total. The Hall–Kier alpha value is -7.28. The molecule has 4 aromatic carbocycles. The summed E-state index contributed by atoms with van der Waals surface area (Å²) in [6.45, 7) is 0. The molecule has 0 bridgehead atoms. The smallest absolute Gasteiger partial charge is 0.264 e. The second-order valence-electron chi connectivity index (χ2n) is 10.8. The molecule has 0 aliphatic carbocycles. The number of carbonyl (C=O) groups excluding carboxylic acids is 3. The van der Waals surface area contributed by atoms with Gasteiger partial charge in [0.1, 0.15) is 17.3 Å². The average Bonchev–Trinajstić information content (AvgIpc) is 3.17. The standard InChI is InChI=1S/C19H16N4O3.C19H15N3O3/c24-18-15(11-20-16(22-18)12-21-26)19(25)23-17(13-7-3-1-4-8-13)14-9-5-2-6-10-14;23-12-16-20-11-15(18(24)21-16)19(25)22-17(13-7-3-1-4-8-13)14-9-5-2-6-10-14/h1-12,17,26H,(H,23,25)(H,20,22,24);1-12,17H,(H,22,25)(H,20,21,24)/b21-12+;. The van der Waals surface area contributed by atoms with Crippen molar-refractivity contribution in [1.29, 1.82) is 0 Å². The molecule has 6 rings (SSSR count). The summed E-state index contributed by atoms with van der Waals surface area (Å²) in [6, 6.07) is 37.0. The van der Waals surface area contributed by atoms with E-state index in [0.717, 1.165) is 40.9 Å². The predicted molar refractivity (Wildman–Crippen MR) is 189 cm³/mol. The van der Waals surface area contributed by atoms with Crippen molar-refractivity contribution in [2.75, 3.05) is 0 Å². The molecule has 2 amide bonds. The van der Waals surface area contributed by atoms with Gasteiger partial charge in [0.15, 0.2) is 17.9 Å². The highest BCUT2D eigenvalue weighted by Gasteiger charge is 2.21. The van der Waals surface area contributed by atoms with Gasteiger partial charge in [-0.1, -0.05) is 126 Å². The van der Waals surface area contributed by atoms with Crippen LogP contribution >= 0.6 is 0 Å². The van der Waals surface area contributed by atoms with Crippen molar-refractivity contribution in [2.24, 2.45) is 5.16 Å². The first-order chi connectivity index (χ1) is 24.9. The van der Waals surface area contributed by atoms with Gasteiger partial charge >= 0.3 is 0 Å². The lowest BCUT2D eigenvalue weighted by Gasteiger charge is -2.19. The minimum absolute atomic E-state index is 0.0525. The molecule has 0 saturated carbocycles. The van der Waals surface area contributed by atoms with E-state index in [-0.39, 0.29) is 22.8 Å². The van der Waals surface area contributed by atoms with E-state index in [9.17, 15) is 24.0 Å². The number of rotatable bonds is 10. The maximum Gasteiger partial charge on any atom is 0.264 e. The highest BCUT2D eigenvalue weighted by Crippen LogP contribution is 2.23. The number of carbonyl (C=O) groups is 3. The van der Waals surface area contributed by atoms with Crippen LogP contribution < -0.4 is 21.8 Å². The maximum atomic E-state index is 12.6. The molecule has 0 atom stereocenters. The highest BCUT2D eigenvalue weighted by atomic mass is 16.4. The molecule has 2 aromatic heterocycles. The summed E-state index contributed by atoms with van der Waals surface area (Å²) in [7, 11) is 0. The van der Waals surface area contributed by atoms with Crippen LogP contribution in [0, 0.1) is 0 Å². The fraction of sp³-hybridized carbons (Fsp3) is 0.0526. The largest absolute Gasteiger partial charge is 0.411 e. The molecule has 254 valence electrons. The lowest BCUT2D eigenvalue weighted by atomic mass is 9.98. The van der Waals surface area contributed by atoms with Gasteiger partial charge in [-0.05, 0) is 22.3 Å². The van der Waals surface area contributed by atoms with E-state index in [1.165, 1.54) is 0 Å². The molecule has 6 aromatic rings. The minimum atomic E-state index is -0.658. The summed E-state index contributed by atoms with van der Waals surface area (Å²) >= 11 is 0. The second kappa shape index (κ2) is 17.2. The molecule has 0 aliphatic rings. The molecule has 0 fully saturated rings. The zero-order chi connectivity index (χ0) is 36.0. The third kappa shape index (κ3) is 9.21. The molecule has 0 spiro atoms. The first-order valence-corrected chi connectivity index (χ1v) is 15.5. The number of benzene rings is 4. The fourth-order valence-corrected chi connectivity index (χ4v) is 5.04. The van der Waals surface area contributed by atoms with Gasteiger partial charge in [0.2, 0.25) is 0 Å². The second-order valence-corrected chi connectivity index (χ2v) is 10.8. The lowest BCUT2D eigenvalue weighted by molar-refractivity contribution is 0.0932. The SMILES string of the molecule is O=C(NC(c1ccccc1)c1ccccc1)c1cnc(/C=N/O)[nH]c1=O.O=Cc1ncc(C(=O)NC(c2ccccc2)c2ccccc2)c(=O)[nH]1. The highest BCUT2D eigenvalue weighted by molar-refractivity contribution is 5.95. The summed E-state index contributed by atoms with van der Waals surface area (Å²) in [5, 5.41) is 17.0. The predicted octanol–water partition coefficient (Wildman–Crippen LogP) is 4.20. The van der Waals surface area contributed by atoms with Crippen molar-refractivity contribution in [2.45, 2.75) is 12.1 Å². The molecule has 0 radical (unpaired) electrons. The van der Waals surface area contributed by atoms with Crippen LogP contribution in [0.1, 0.15) is 71.5 Å². The summed E-state index contributed by atoms with van der Waals surface area (Å²) in [5.41, 5.74) is 1.99. The summed E-state index contributed by atoms with van der Waals surface area (Å²) in [5.74, 6) is -1.19. The Labute approximate surface area is 290 Å². The number of hydrogen-bond acceptors (Lipinski definition) is 9. The van der Waals surface area contributed by atoms with Crippen molar-refractivity contribution in [3.63, 3.8) is 0 Å². The summed E-state index contributed by atoms with van der Waals surface area (Å²) in [4.78, 5) is 72.2. The zero-order valence-electron chi connectivity index (χ0n) is 26.8. The third-order valence-corrected chi connectivity index (χ3v) is 7.50. The van der Waals surface area contributed by atoms with Crippen LogP contribution in [-0.2, 0) is 0 Å². The first-order valence-electron chi connectivity index (χ1n) is 15.5. The van der Waals surface area contributed by atoms with E-state index < -0.39 is 35.0 Å². The molecule has 2 heterocycles. The molecular formula is C38H31N7O6. The van der Waals surface area contributed by atoms with E-state index in [0.29, 0.717) is 6.29 Å². The van der Waals surface area contributed by atoms with Gasteiger partial charge in [-0.2, -0.15) is 0 Å². The van der Waals surface area contributed by atoms with Gasteiger partial charge in [0.05, 0.1) is 12.1 Å². The van der Waals surface area contributed by atoms with Crippen molar-refractivity contribution in [1.82, 2.24) is 30.6 Å². The molecule has 0 unspecified atom stereocenters. The molecule has 13 heteroatoms. The maximum absolute atomic E-state index is 12.6. The minimum Gasteiger partial charge on any atom is -0.411 e. The number of hydrogen-bond donors (Lipinski definition) is 5. The van der Waals surface area contributed by atoms with Crippen molar-refractivity contribution in [3.8, 4) is 0 Å². The van der Waals surface area contributed by atoms with E-state index in [1.54, 1.807) is 0 Å². The molecule has 0 aliphatic heterocycles. The van der Waals surface area contributed by atoms with Crippen molar-refractivity contribution >= 4 is 24.3 Å². The van der Waals surface area contributed by atoms with Crippen molar-refractivity contribution in [3.05, 3.63) is 199 Å². The van der Waals surface area contributed by atoms with Crippen LogP contribution in [-0.4, -0.2) is 49.5 Å². The molecule has 0 saturated heterocycles. The van der Waals surface area contributed by atoms with Gasteiger partial charge in [0, 0.05) is 12.4 Å². The van der Waals surface area contributed by atoms with Crippen molar-refractivity contribution < 1.29 is 19.6 Å². The Bertz CT molecular complexity index is 2150. The molecule has 51 heavy (non-hydrogen) atoms. The number of H-pyrrole nitrogens is 2. The molecular weight excluding hydrogens is 650 g/mol. The van der Waals surface area contributed by atoms with E-state index >= 15 is 0 Å². The van der Waals surface area contributed by atoms with E-state index in [1.807, 2.05) is 121 Å². The Morgan fingerprint density at radius 3 is 1.24 bits per heavy atom. The number of oxime groups is 1. The Balaban J connectivity index is 0.000000198. The Kier molecular flexibility index (Phi) is 11.8. The monoisotopic (exact) mass is 681 g/mol. The molecule has 5 N–H and O–H groups in total. The zero-order valence-corrected chi connectivity index (χ0v) is 26.8. The van der Waals surface area contributed by atoms with Crippen LogP contribution in [0.2, 0.25) is 0 Å². The number of amides is 2. The van der Waals surface area contributed by atoms with Gasteiger partial charge < -0.3 is 25.8 Å². The Morgan fingerprint density at radius 1 is 0.588 bits per heavy atom. The first kappa shape index (κ1) is 35.0. The van der Waals surface area contributed by atoms with E-state index in [4.69, 9.17) is 5.21 Å². The van der Waals surface area contributed by atoms with Crippen LogP contribution in [0.4, 0.5) is 0 Å². The number of aromatic nitrogens is 4. The Morgan fingerprint density at radius 2 is 0.922 bits per heavy atom. The fourth-order valence-electron chi connectivity index (χ4n) is 5.04. The normalized spacial score (nSPS) is 10.7. The number of aromatic amines is 2. The lowest BCUT2D eigenvalue weighted by Crippen LogP contribution is -2.34. The van der Waals surface area contributed by atoms with Gasteiger partial charge in [-0.15, -0.1) is 0 Å². The van der Waals surface area contributed by atoms with E-state index in [2.05, 4.69) is 35.7 Å². The van der Waals surface area contributed by atoms with Gasteiger partial charge in [-0.3, -0.25) is 24.0 Å². The summed E-state index contributed by atoms with van der Waals surface area (Å²) in [6.07, 6.45) is 3.64. The number of aldehydes is 1. The van der Waals surface area contributed by atoms with Crippen LogP contribution in [0.3, 0.4) is 0 Å². The average molecular weight is 682 g/mol. The quantitative estimate of drug-likeness (QED) is 0.0613. The van der Waals surface area contributed by atoms with Crippen LogP contribution in [0.5, 0.6) is 0 Å². The van der Waals surface area contributed by atoms with Gasteiger partial charge in [0.25, 0.3) is 22.9 Å². The third-order valence-electron chi connectivity index (χ3n) is 7.50. The number of nitrogens with one attached hydrogen (secondary N) is 4. The van der Waals surface area contributed by atoms with Crippen LogP contribution in [0.25, 0.3) is 0 Å². The van der Waals surface area contributed by atoms with Gasteiger partial charge in [-0.25, -0.2) is 9.97 Å².